The summed E-state index contributed by atoms with van der Waals surface area (Å²) in [5.74, 6) is 0.903. The monoisotopic (exact) mass is 386 g/mol. The predicted octanol–water partition coefficient (Wildman–Crippen LogP) is 5.24. The Morgan fingerprint density at radius 1 is 1.35 bits per heavy atom. The van der Waals surface area contributed by atoms with Gasteiger partial charge in [0.2, 0.25) is 0 Å². The molecule has 0 radical (unpaired) electrons. The van der Waals surface area contributed by atoms with E-state index < -0.39 is 5.82 Å². The lowest BCUT2D eigenvalue weighted by molar-refractivity contribution is 0.101. The van der Waals surface area contributed by atoms with Crippen LogP contribution >= 0.6 is 23.1 Å². The first-order chi connectivity index (χ1) is 12.5. The number of benzene rings is 1. The Hall–Kier alpha value is -1.79. The number of hydrogen-bond acceptors (Lipinski definition) is 5. The molecule has 4 rings (SSSR count). The summed E-state index contributed by atoms with van der Waals surface area (Å²) in [6.07, 6.45) is 3.30. The minimum absolute atomic E-state index is 0.142. The lowest BCUT2D eigenvalue weighted by Gasteiger charge is -2.18. The minimum Gasteiger partial charge on any atom is -0.293 e. The predicted molar refractivity (Wildman–Crippen MR) is 105 cm³/mol. The van der Waals surface area contributed by atoms with E-state index in [1.807, 2.05) is 6.92 Å². The molecule has 26 heavy (non-hydrogen) atoms. The number of thiophene rings is 1. The van der Waals surface area contributed by atoms with Gasteiger partial charge in [0.1, 0.15) is 21.5 Å². The van der Waals surface area contributed by atoms with Crippen molar-refractivity contribution in [2.24, 2.45) is 5.92 Å². The second kappa shape index (κ2) is 7.08. The highest BCUT2D eigenvalue weighted by molar-refractivity contribution is 8.00. The third-order valence-corrected chi connectivity index (χ3v) is 6.87. The average Bonchev–Trinajstić information content (AvgIpc) is 2.96. The number of aromatic nitrogens is 2. The number of hydrogen-bond donors (Lipinski definition) is 0. The summed E-state index contributed by atoms with van der Waals surface area (Å²) < 4.78 is 13.8. The van der Waals surface area contributed by atoms with Crippen LogP contribution < -0.4 is 0 Å². The number of nitrogens with zero attached hydrogens (tertiary/aromatic N) is 2. The highest BCUT2D eigenvalue weighted by Crippen LogP contribution is 2.41. The number of fused-ring (bicyclic) bond motifs is 3. The largest absolute Gasteiger partial charge is 0.293 e. The van der Waals surface area contributed by atoms with Gasteiger partial charge < -0.3 is 0 Å². The molecule has 0 fully saturated rings. The number of carbonyl (C=O) groups is 1. The highest BCUT2D eigenvalue weighted by Gasteiger charge is 2.24. The summed E-state index contributed by atoms with van der Waals surface area (Å²) in [5, 5.41) is 1.96. The maximum absolute atomic E-state index is 13.8. The van der Waals surface area contributed by atoms with Crippen LogP contribution in [0, 0.1) is 18.7 Å². The second-order valence-corrected chi connectivity index (χ2v) is 8.85. The fourth-order valence-electron chi connectivity index (χ4n) is 3.41. The smallest absolute Gasteiger partial charge is 0.176 e. The number of Topliss-reactive ketones (excluding diaryl/α,β-unsaturated/α-hetero) is 1. The Kier molecular flexibility index (Phi) is 4.80. The SMILES string of the molecule is Cc1nc(SCC(=O)c2ccccc2F)c2c3c(sc2n1)C[C@@H](C)CC3. The van der Waals surface area contributed by atoms with E-state index in [1.54, 1.807) is 23.5 Å². The Bertz CT molecular complexity index is 999. The topological polar surface area (TPSA) is 42.9 Å². The van der Waals surface area contributed by atoms with Gasteiger partial charge in [0.05, 0.1) is 11.3 Å². The number of ketones is 1. The van der Waals surface area contributed by atoms with Crippen LogP contribution in [0.3, 0.4) is 0 Å². The van der Waals surface area contributed by atoms with E-state index in [0.29, 0.717) is 11.7 Å². The van der Waals surface area contributed by atoms with Crippen LogP contribution in [0.1, 0.15) is 40.0 Å². The first kappa shape index (κ1) is 17.6. The van der Waals surface area contributed by atoms with E-state index in [4.69, 9.17) is 0 Å². The Labute approximate surface area is 160 Å². The number of carbonyl (C=O) groups excluding carboxylic acids is 1. The summed E-state index contributed by atoms with van der Waals surface area (Å²) in [6.45, 7) is 4.16. The fraction of sp³-hybridized carbons (Fsp3) is 0.350. The van der Waals surface area contributed by atoms with Crippen molar-refractivity contribution in [3.05, 3.63) is 51.9 Å². The number of aryl methyl sites for hydroxylation is 2. The summed E-state index contributed by atoms with van der Waals surface area (Å²) >= 11 is 3.15. The van der Waals surface area contributed by atoms with Crippen LogP contribution in [0.5, 0.6) is 0 Å². The molecule has 0 saturated heterocycles. The van der Waals surface area contributed by atoms with Crippen LogP contribution in [0.15, 0.2) is 29.3 Å². The first-order valence-corrected chi connectivity index (χ1v) is 10.5. The Morgan fingerprint density at radius 2 is 2.15 bits per heavy atom. The standard InChI is InChI=1S/C20H19FN2OS2/c1-11-7-8-14-17(9-11)26-20-18(14)19(22-12(2)23-20)25-10-16(24)13-5-3-4-6-15(13)21/h3-6,11H,7-10H2,1-2H3/t11-/m0/s1. The molecule has 0 amide bonds. The zero-order valence-corrected chi connectivity index (χ0v) is 16.3. The molecule has 3 aromatic rings. The lowest BCUT2D eigenvalue weighted by Crippen LogP contribution is -2.09. The number of halogens is 1. The molecule has 6 heteroatoms. The molecule has 1 atom stereocenters. The van der Waals surface area contributed by atoms with Gasteiger partial charge in [-0.1, -0.05) is 30.8 Å². The highest BCUT2D eigenvalue weighted by atomic mass is 32.2. The molecule has 0 unspecified atom stereocenters. The molecule has 0 aliphatic heterocycles. The molecule has 1 aliphatic rings. The zero-order chi connectivity index (χ0) is 18.3. The van der Waals surface area contributed by atoms with E-state index in [0.717, 1.165) is 28.1 Å². The average molecular weight is 387 g/mol. The normalized spacial score (nSPS) is 16.7. The lowest BCUT2D eigenvalue weighted by atomic mass is 9.89. The van der Waals surface area contributed by atoms with E-state index in [9.17, 15) is 9.18 Å². The van der Waals surface area contributed by atoms with Crippen molar-refractivity contribution in [3.8, 4) is 0 Å². The summed E-state index contributed by atoms with van der Waals surface area (Å²) in [7, 11) is 0. The Morgan fingerprint density at radius 3 is 2.96 bits per heavy atom. The molecule has 1 aliphatic carbocycles. The van der Waals surface area contributed by atoms with E-state index in [1.165, 1.54) is 40.8 Å². The van der Waals surface area contributed by atoms with Crippen molar-refractivity contribution >= 4 is 39.1 Å². The minimum atomic E-state index is -0.469. The van der Waals surface area contributed by atoms with Crippen molar-refractivity contribution in [2.45, 2.75) is 38.1 Å². The van der Waals surface area contributed by atoms with Crippen LogP contribution in [0.25, 0.3) is 10.2 Å². The molecule has 0 N–H and O–H groups in total. The van der Waals surface area contributed by atoms with Crippen molar-refractivity contribution in [1.82, 2.24) is 9.97 Å². The molecule has 134 valence electrons. The zero-order valence-electron chi connectivity index (χ0n) is 14.7. The van der Waals surface area contributed by atoms with Gasteiger partial charge in [0, 0.05) is 10.3 Å². The molecule has 0 spiro atoms. The van der Waals surface area contributed by atoms with E-state index in [2.05, 4.69) is 16.9 Å². The van der Waals surface area contributed by atoms with Gasteiger partial charge in [0.25, 0.3) is 0 Å². The molecule has 0 saturated carbocycles. The van der Waals surface area contributed by atoms with Crippen LogP contribution in [0.4, 0.5) is 4.39 Å². The van der Waals surface area contributed by atoms with Crippen molar-refractivity contribution < 1.29 is 9.18 Å². The second-order valence-electron chi connectivity index (χ2n) is 6.80. The first-order valence-electron chi connectivity index (χ1n) is 8.72. The number of thioether (sulfide) groups is 1. The van der Waals surface area contributed by atoms with Crippen LogP contribution in [-0.4, -0.2) is 21.5 Å². The van der Waals surface area contributed by atoms with Gasteiger partial charge in [-0.15, -0.1) is 11.3 Å². The molecule has 3 nitrogen and oxygen atoms in total. The molecule has 0 bridgehead atoms. The van der Waals surface area contributed by atoms with Gasteiger partial charge in [-0.3, -0.25) is 4.79 Å². The van der Waals surface area contributed by atoms with Crippen molar-refractivity contribution in [3.63, 3.8) is 0 Å². The maximum Gasteiger partial charge on any atom is 0.176 e. The molecular formula is C20H19FN2OS2. The number of rotatable bonds is 4. The quantitative estimate of drug-likeness (QED) is 0.349. The van der Waals surface area contributed by atoms with Crippen LogP contribution in [-0.2, 0) is 12.8 Å². The fourth-order valence-corrected chi connectivity index (χ4v) is 5.89. The molecular weight excluding hydrogens is 367 g/mol. The van der Waals surface area contributed by atoms with Crippen LogP contribution in [0.2, 0.25) is 0 Å². The van der Waals surface area contributed by atoms with Crippen molar-refractivity contribution in [1.29, 1.82) is 0 Å². The van der Waals surface area contributed by atoms with E-state index in [-0.39, 0.29) is 17.1 Å². The molecule has 2 heterocycles. The third kappa shape index (κ3) is 3.28. The molecule has 1 aromatic carbocycles. The van der Waals surface area contributed by atoms with Gasteiger partial charge in [-0.25, -0.2) is 14.4 Å². The van der Waals surface area contributed by atoms with E-state index >= 15 is 0 Å². The molecule has 2 aromatic heterocycles. The Balaban J connectivity index is 1.66. The summed E-state index contributed by atoms with van der Waals surface area (Å²) in [4.78, 5) is 24.1. The van der Waals surface area contributed by atoms with Gasteiger partial charge in [-0.05, 0) is 49.8 Å². The van der Waals surface area contributed by atoms with Gasteiger partial charge in [0.15, 0.2) is 5.78 Å². The van der Waals surface area contributed by atoms with Gasteiger partial charge >= 0.3 is 0 Å². The third-order valence-electron chi connectivity index (χ3n) is 4.75. The van der Waals surface area contributed by atoms with Gasteiger partial charge in [-0.2, -0.15) is 0 Å². The maximum atomic E-state index is 13.8. The summed E-state index contributed by atoms with van der Waals surface area (Å²) in [5.41, 5.74) is 1.49. The van der Waals surface area contributed by atoms with Crippen molar-refractivity contribution in [2.75, 3.05) is 5.75 Å². The summed E-state index contributed by atoms with van der Waals surface area (Å²) in [6, 6.07) is 6.13.